The van der Waals surface area contributed by atoms with Gasteiger partial charge in [0.1, 0.15) is 17.3 Å². The second kappa shape index (κ2) is 11.6. The number of aromatic nitrogens is 2. The van der Waals surface area contributed by atoms with E-state index in [0.717, 1.165) is 35.6 Å². The number of imidazole rings is 1. The van der Waals surface area contributed by atoms with Gasteiger partial charge in [0.25, 0.3) is 5.91 Å². The number of para-hydroxylation sites is 3. The molecule has 0 saturated heterocycles. The van der Waals surface area contributed by atoms with Crippen molar-refractivity contribution in [2.75, 3.05) is 20.3 Å². The van der Waals surface area contributed by atoms with Gasteiger partial charge in [0.05, 0.1) is 30.3 Å². The number of methoxy groups -OCH3 is 1. The second-order valence-corrected chi connectivity index (χ2v) is 8.80. The van der Waals surface area contributed by atoms with Gasteiger partial charge in [-0.3, -0.25) is 4.79 Å². The van der Waals surface area contributed by atoms with Crippen molar-refractivity contribution in [1.29, 1.82) is 0 Å². The van der Waals surface area contributed by atoms with Crippen LogP contribution in [-0.4, -0.2) is 35.7 Å². The van der Waals surface area contributed by atoms with Gasteiger partial charge in [-0.15, -0.1) is 0 Å². The minimum absolute atomic E-state index is 0.151. The normalized spacial score (nSPS) is 11.1. The lowest BCUT2D eigenvalue weighted by Gasteiger charge is -2.12. The predicted molar refractivity (Wildman–Crippen MR) is 139 cm³/mol. The Kier molecular flexibility index (Phi) is 8.03. The van der Waals surface area contributed by atoms with E-state index in [-0.39, 0.29) is 5.91 Å². The summed E-state index contributed by atoms with van der Waals surface area (Å²) in [6.45, 7) is 6.27. The maximum absolute atomic E-state index is 12.6. The van der Waals surface area contributed by atoms with E-state index in [9.17, 15) is 4.79 Å². The van der Waals surface area contributed by atoms with Crippen LogP contribution in [0.1, 0.15) is 47.9 Å². The first-order valence-corrected chi connectivity index (χ1v) is 12.1. The Balaban J connectivity index is 1.36. The summed E-state index contributed by atoms with van der Waals surface area (Å²) in [5.74, 6) is 2.77. The third-order valence-electron chi connectivity index (χ3n) is 6.06. The molecule has 0 radical (unpaired) electrons. The van der Waals surface area contributed by atoms with E-state index in [1.165, 1.54) is 5.56 Å². The summed E-state index contributed by atoms with van der Waals surface area (Å²) in [4.78, 5) is 17.5. The van der Waals surface area contributed by atoms with Crippen LogP contribution in [0.2, 0.25) is 0 Å². The molecule has 0 atom stereocenters. The Hall–Kier alpha value is -3.80. The lowest BCUT2D eigenvalue weighted by molar-refractivity contribution is 0.0951. The van der Waals surface area contributed by atoms with Crippen LogP contribution < -0.4 is 14.8 Å². The van der Waals surface area contributed by atoms with Crippen LogP contribution in [0.15, 0.2) is 72.8 Å². The first kappa shape index (κ1) is 24.3. The fourth-order valence-corrected chi connectivity index (χ4v) is 4.14. The van der Waals surface area contributed by atoms with Gasteiger partial charge in [-0.05, 0) is 54.3 Å². The number of rotatable bonds is 11. The van der Waals surface area contributed by atoms with E-state index in [1.54, 1.807) is 19.2 Å². The molecule has 4 rings (SSSR count). The van der Waals surface area contributed by atoms with E-state index in [2.05, 4.69) is 41.9 Å². The van der Waals surface area contributed by atoms with Crippen molar-refractivity contribution in [3.05, 3.63) is 89.7 Å². The Morgan fingerprint density at radius 3 is 2.51 bits per heavy atom. The number of hydrogen-bond donors (Lipinski definition) is 1. The third kappa shape index (κ3) is 6.01. The van der Waals surface area contributed by atoms with E-state index in [1.807, 2.05) is 42.5 Å². The molecule has 3 aromatic carbocycles. The fraction of sp³-hybridized carbons (Fsp3) is 0.310. The topological polar surface area (TPSA) is 65.4 Å². The van der Waals surface area contributed by atoms with Crippen LogP contribution in [0.4, 0.5) is 0 Å². The molecule has 1 N–H and O–H groups in total. The molecule has 0 spiro atoms. The molecule has 0 unspecified atom stereocenters. The number of nitrogens with one attached hydrogen (secondary N) is 1. The van der Waals surface area contributed by atoms with Gasteiger partial charge >= 0.3 is 0 Å². The summed E-state index contributed by atoms with van der Waals surface area (Å²) in [5, 5.41) is 3.00. The van der Waals surface area contributed by atoms with Crippen molar-refractivity contribution in [1.82, 2.24) is 14.9 Å². The highest BCUT2D eigenvalue weighted by atomic mass is 16.5. The average Bonchev–Trinajstić information content (AvgIpc) is 3.24. The third-order valence-corrected chi connectivity index (χ3v) is 6.06. The maximum Gasteiger partial charge on any atom is 0.255 e. The van der Waals surface area contributed by atoms with Crippen LogP contribution >= 0.6 is 0 Å². The van der Waals surface area contributed by atoms with Crippen molar-refractivity contribution in [2.45, 2.75) is 39.2 Å². The van der Waals surface area contributed by atoms with E-state index >= 15 is 0 Å². The summed E-state index contributed by atoms with van der Waals surface area (Å²) in [6.07, 6.45) is 1.49. The molecule has 0 aliphatic carbocycles. The molecule has 6 heteroatoms. The fourth-order valence-electron chi connectivity index (χ4n) is 4.14. The molecule has 1 heterocycles. The smallest absolute Gasteiger partial charge is 0.255 e. The first-order valence-electron chi connectivity index (χ1n) is 12.1. The number of carbonyl (C=O) groups excluding carboxylic acids is 1. The Labute approximate surface area is 206 Å². The molecule has 6 nitrogen and oxygen atoms in total. The Bertz CT molecular complexity index is 1260. The minimum atomic E-state index is -0.151. The van der Waals surface area contributed by atoms with Crippen molar-refractivity contribution in [3.63, 3.8) is 0 Å². The zero-order valence-corrected chi connectivity index (χ0v) is 20.7. The zero-order chi connectivity index (χ0) is 24.6. The van der Waals surface area contributed by atoms with Crippen molar-refractivity contribution < 1.29 is 14.3 Å². The van der Waals surface area contributed by atoms with Gasteiger partial charge in [0.15, 0.2) is 0 Å². The van der Waals surface area contributed by atoms with Crippen LogP contribution in [-0.2, 0) is 13.0 Å². The number of ether oxygens (including phenoxy) is 2. The van der Waals surface area contributed by atoms with Crippen molar-refractivity contribution in [3.8, 4) is 11.5 Å². The van der Waals surface area contributed by atoms with E-state index in [0.29, 0.717) is 36.8 Å². The minimum Gasteiger partial charge on any atom is -0.496 e. The Morgan fingerprint density at radius 1 is 1.00 bits per heavy atom. The highest BCUT2D eigenvalue weighted by Gasteiger charge is 2.13. The average molecular weight is 472 g/mol. The van der Waals surface area contributed by atoms with Crippen LogP contribution in [0.5, 0.6) is 11.5 Å². The molecular weight excluding hydrogens is 438 g/mol. The molecule has 1 aromatic heterocycles. The second-order valence-electron chi connectivity index (χ2n) is 8.80. The lowest BCUT2D eigenvalue weighted by atomic mass is 10.0. The highest BCUT2D eigenvalue weighted by molar-refractivity contribution is 5.96. The van der Waals surface area contributed by atoms with Gasteiger partial charge in [0.2, 0.25) is 0 Å². The zero-order valence-electron chi connectivity index (χ0n) is 20.7. The molecular formula is C29H33N3O3. The molecule has 0 bridgehead atoms. The van der Waals surface area contributed by atoms with Crippen LogP contribution in [0, 0.1) is 0 Å². The Morgan fingerprint density at radius 2 is 1.74 bits per heavy atom. The van der Waals surface area contributed by atoms with Gasteiger partial charge in [-0.2, -0.15) is 0 Å². The molecule has 4 aromatic rings. The number of hydrogen-bond acceptors (Lipinski definition) is 4. The first-order chi connectivity index (χ1) is 17.1. The SMILES string of the molecule is COc1ccccc1C(=O)NCCc1nc2ccccc2n1CCCOc1ccc(C(C)C)cc1. The number of amides is 1. The summed E-state index contributed by atoms with van der Waals surface area (Å²) < 4.78 is 13.5. The highest BCUT2D eigenvalue weighted by Crippen LogP contribution is 2.20. The monoisotopic (exact) mass is 471 g/mol. The maximum atomic E-state index is 12.6. The number of benzene rings is 3. The summed E-state index contributed by atoms with van der Waals surface area (Å²) in [5.41, 5.74) is 3.90. The summed E-state index contributed by atoms with van der Waals surface area (Å²) in [6, 6.07) is 23.7. The van der Waals surface area contributed by atoms with E-state index in [4.69, 9.17) is 14.5 Å². The quantitative estimate of drug-likeness (QED) is 0.289. The molecule has 0 aliphatic heterocycles. The number of carbonyl (C=O) groups is 1. The summed E-state index contributed by atoms with van der Waals surface area (Å²) in [7, 11) is 1.57. The number of fused-ring (bicyclic) bond motifs is 1. The van der Waals surface area contributed by atoms with Crippen LogP contribution in [0.3, 0.4) is 0 Å². The summed E-state index contributed by atoms with van der Waals surface area (Å²) >= 11 is 0. The molecule has 35 heavy (non-hydrogen) atoms. The molecule has 182 valence electrons. The van der Waals surface area contributed by atoms with E-state index < -0.39 is 0 Å². The van der Waals surface area contributed by atoms with Crippen molar-refractivity contribution in [2.24, 2.45) is 0 Å². The number of aryl methyl sites for hydroxylation is 1. The molecule has 0 fully saturated rings. The van der Waals surface area contributed by atoms with Crippen LogP contribution in [0.25, 0.3) is 11.0 Å². The van der Waals surface area contributed by atoms with Gasteiger partial charge in [-0.1, -0.05) is 50.2 Å². The molecule has 0 aliphatic rings. The predicted octanol–water partition coefficient (Wildman–Crippen LogP) is 5.61. The van der Waals surface area contributed by atoms with Gasteiger partial charge in [0, 0.05) is 19.5 Å². The largest absolute Gasteiger partial charge is 0.496 e. The standard InChI is InChI=1S/C29H33N3O3/c1-21(2)22-13-15-23(16-14-22)35-20-8-19-32-26-11-6-5-10-25(26)31-28(32)17-18-30-29(33)24-9-4-7-12-27(24)34-3/h4-7,9-16,21H,8,17-20H2,1-3H3,(H,30,33). The lowest BCUT2D eigenvalue weighted by Crippen LogP contribution is -2.27. The van der Waals surface area contributed by atoms with Gasteiger partial charge < -0.3 is 19.4 Å². The molecule has 0 saturated carbocycles. The van der Waals surface area contributed by atoms with Crippen molar-refractivity contribution >= 4 is 16.9 Å². The number of nitrogens with zero attached hydrogens (tertiary/aromatic N) is 2. The molecule has 1 amide bonds. The van der Waals surface area contributed by atoms with Gasteiger partial charge in [-0.25, -0.2) is 4.98 Å².